The van der Waals surface area contributed by atoms with Crippen LogP contribution in [0.4, 0.5) is 0 Å². The lowest BCUT2D eigenvalue weighted by Crippen LogP contribution is -2.30. The van der Waals surface area contributed by atoms with Crippen LogP contribution in [0.15, 0.2) is 24.3 Å². The molecule has 2 rings (SSSR count). The second kappa shape index (κ2) is 5.41. The van der Waals surface area contributed by atoms with E-state index in [1.54, 1.807) is 7.11 Å². The number of likely N-dealkylation sites (tertiary alicyclic amines) is 1. The predicted molar refractivity (Wildman–Crippen MR) is 67.5 cm³/mol. The highest BCUT2D eigenvalue weighted by Gasteiger charge is 2.24. The lowest BCUT2D eigenvalue weighted by Gasteiger charge is -2.15. The maximum atomic E-state index is 12.0. The molecule has 0 saturated carbocycles. The monoisotopic (exact) mass is 253 g/mol. The number of carbonyl (C=O) groups is 1. The van der Waals surface area contributed by atoms with E-state index in [0.717, 1.165) is 24.3 Å². The van der Waals surface area contributed by atoms with Crippen molar-refractivity contribution in [2.24, 2.45) is 0 Å². The summed E-state index contributed by atoms with van der Waals surface area (Å²) < 4.78 is 5.08. The maximum Gasteiger partial charge on any atom is 0.227 e. The Balaban J connectivity index is 1.93. The van der Waals surface area contributed by atoms with E-state index in [1.807, 2.05) is 29.2 Å². The van der Waals surface area contributed by atoms with Crippen LogP contribution in [0.2, 0.25) is 0 Å². The number of rotatable bonds is 3. The quantitative estimate of drug-likeness (QED) is 0.772. The van der Waals surface area contributed by atoms with Crippen molar-refractivity contribution in [3.05, 3.63) is 29.8 Å². The van der Waals surface area contributed by atoms with Crippen LogP contribution >= 0.6 is 11.6 Å². The zero-order chi connectivity index (χ0) is 12.3. The maximum absolute atomic E-state index is 12.0. The minimum absolute atomic E-state index is 0.120. The molecule has 4 heteroatoms. The SMILES string of the molecule is COc1ccc(CC(=O)N2CCC(Cl)C2)cc1. The first kappa shape index (κ1) is 12.2. The van der Waals surface area contributed by atoms with Crippen molar-refractivity contribution in [1.82, 2.24) is 4.90 Å². The minimum Gasteiger partial charge on any atom is -0.497 e. The lowest BCUT2D eigenvalue weighted by molar-refractivity contribution is -0.129. The number of nitrogens with zero attached hydrogens (tertiary/aromatic N) is 1. The fourth-order valence-electron chi connectivity index (χ4n) is 1.97. The van der Waals surface area contributed by atoms with Crippen molar-refractivity contribution in [2.45, 2.75) is 18.2 Å². The van der Waals surface area contributed by atoms with Crippen molar-refractivity contribution in [1.29, 1.82) is 0 Å². The van der Waals surface area contributed by atoms with Gasteiger partial charge < -0.3 is 9.64 Å². The number of alkyl halides is 1. The molecular weight excluding hydrogens is 238 g/mol. The van der Waals surface area contributed by atoms with Crippen LogP contribution in [-0.2, 0) is 11.2 Å². The summed E-state index contributed by atoms with van der Waals surface area (Å²) in [5, 5.41) is 0.120. The highest BCUT2D eigenvalue weighted by molar-refractivity contribution is 6.21. The molecule has 0 radical (unpaired) electrons. The van der Waals surface area contributed by atoms with E-state index in [2.05, 4.69) is 0 Å². The smallest absolute Gasteiger partial charge is 0.227 e. The Morgan fingerprint density at radius 3 is 2.71 bits per heavy atom. The van der Waals surface area contributed by atoms with Gasteiger partial charge in [-0.05, 0) is 24.1 Å². The number of halogens is 1. The van der Waals surface area contributed by atoms with Crippen LogP contribution < -0.4 is 4.74 Å². The van der Waals surface area contributed by atoms with E-state index in [4.69, 9.17) is 16.3 Å². The van der Waals surface area contributed by atoms with Crippen molar-refractivity contribution in [3.63, 3.8) is 0 Å². The molecule has 1 aliphatic heterocycles. The van der Waals surface area contributed by atoms with Gasteiger partial charge in [0.1, 0.15) is 5.75 Å². The first-order valence-corrected chi connectivity index (χ1v) is 6.17. The molecule has 1 saturated heterocycles. The predicted octanol–water partition coefficient (Wildman–Crippen LogP) is 2.08. The zero-order valence-corrected chi connectivity index (χ0v) is 10.6. The van der Waals surface area contributed by atoms with Crippen LogP contribution in [0.25, 0.3) is 0 Å². The third kappa shape index (κ3) is 3.13. The highest BCUT2D eigenvalue weighted by Crippen LogP contribution is 2.17. The Kier molecular flexibility index (Phi) is 3.89. The Hall–Kier alpha value is -1.22. The molecule has 1 aliphatic rings. The molecule has 1 fully saturated rings. The largest absolute Gasteiger partial charge is 0.497 e. The van der Waals surface area contributed by atoms with Crippen LogP contribution in [0.3, 0.4) is 0 Å². The Labute approximate surface area is 106 Å². The van der Waals surface area contributed by atoms with Crippen LogP contribution in [0.1, 0.15) is 12.0 Å². The van der Waals surface area contributed by atoms with Gasteiger partial charge in [-0.2, -0.15) is 0 Å². The summed E-state index contributed by atoms with van der Waals surface area (Å²) in [5.41, 5.74) is 1.01. The number of ether oxygens (including phenoxy) is 1. The lowest BCUT2D eigenvalue weighted by atomic mass is 10.1. The number of hydrogen-bond acceptors (Lipinski definition) is 2. The Morgan fingerprint density at radius 1 is 1.47 bits per heavy atom. The molecule has 0 bridgehead atoms. The van der Waals surface area contributed by atoms with E-state index in [-0.39, 0.29) is 11.3 Å². The van der Waals surface area contributed by atoms with Crippen LogP contribution in [0.5, 0.6) is 5.75 Å². The van der Waals surface area contributed by atoms with Crippen LogP contribution in [-0.4, -0.2) is 36.4 Å². The summed E-state index contributed by atoms with van der Waals surface area (Å²) in [7, 11) is 1.63. The van der Waals surface area contributed by atoms with Gasteiger partial charge in [0.05, 0.1) is 18.9 Å². The standard InChI is InChI=1S/C13H16ClNO2/c1-17-12-4-2-10(3-5-12)8-13(16)15-7-6-11(14)9-15/h2-5,11H,6-9H2,1H3. The summed E-state index contributed by atoms with van der Waals surface area (Å²) in [6.45, 7) is 1.46. The molecule has 1 atom stereocenters. The molecule has 1 heterocycles. The number of amides is 1. The van der Waals surface area contributed by atoms with E-state index in [0.29, 0.717) is 13.0 Å². The van der Waals surface area contributed by atoms with Crippen LogP contribution in [0, 0.1) is 0 Å². The molecular formula is C13H16ClNO2. The van der Waals surface area contributed by atoms with Gasteiger partial charge in [0, 0.05) is 13.1 Å². The van der Waals surface area contributed by atoms with E-state index >= 15 is 0 Å². The Bertz CT molecular complexity index is 391. The van der Waals surface area contributed by atoms with E-state index in [1.165, 1.54) is 0 Å². The average Bonchev–Trinajstić information content (AvgIpc) is 2.77. The number of carbonyl (C=O) groups excluding carboxylic acids is 1. The summed E-state index contributed by atoms with van der Waals surface area (Å²) in [4.78, 5) is 13.8. The minimum atomic E-state index is 0.120. The van der Waals surface area contributed by atoms with E-state index < -0.39 is 0 Å². The van der Waals surface area contributed by atoms with Gasteiger partial charge in [-0.3, -0.25) is 4.79 Å². The van der Waals surface area contributed by atoms with Gasteiger partial charge >= 0.3 is 0 Å². The molecule has 92 valence electrons. The van der Waals surface area contributed by atoms with Gasteiger partial charge in [0.2, 0.25) is 5.91 Å². The van der Waals surface area contributed by atoms with Crippen molar-refractivity contribution in [3.8, 4) is 5.75 Å². The molecule has 0 aromatic heterocycles. The average molecular weight is 254 g/mol. The summed E-state index contributed by atoms with van der Waals surface area (Å²) in [6, 6.07) is 7.59. The normalized spacial score (nSPS) is 19.4. The van der Waals surface area contributed by atoms with Gasteiger partial charge in [-0.1, -0.05) is 12.1 Å². The molecule has 1 unspecified atom stereocenters. The molecule has 0 aliphatic carbocycles. The fourth-order valence-corrected chi connectivity index (χ4v) is 2.24. The zero-order valence-electron chi connectivity index (χ0n) is 9.86. The highest BCUT2D eigenvalue weighted by atomic mass is 35.5. The summed E-state index contributed by atoms with van der Waals surface area (Å²) in [5.74, 6) is 0.960. The molecule has 1 aromatic rings. The molecule has 3 nitrogen and oxygen atoms in total. The number of methoxy groups -OCH3 is 1. The second-order valence-electron chi connectivity index (χ2n) is 4.25. The van der Waals surface area contributed by atoms with Gasteiger partial charge in [0.25, 0.3) is 0 Å². The van der Waals surface area contributed by atoms with Gasteiger partial charge in [-0.25, -0.2) is 0 Å². The van der Waals surface area contributed by atoms with Gasteiger partial charge in [-0.15, -0.1) is 11.6 Å². The Morgan fingerprint density at radius 2 is 2.18 bits per heavy atom. The van der Waals surface area contributed by atoms with Crippen molar-refractivity contribution < 1.29 is 9.53 Å². The molecule has 1 aromatic carbocycles. The first-order chi connectivity index (χ1) is 8.19. The topological polar surface area (TPSA) is 29.5 Å². The number of hydrogen-bond donors (Lipinski definition) is 0. The van der Waals surface area contributed by atoms with Crippen molar-refractivity contribution in [2.75, 3.05) is 20.2 Å². The van der Waals surface area contributed by atoms with Gasteiger partial charge in [0.15, 0.2) is 0 Å². The molecule has 0 spiro atoms. The second-order valence-corrected chi connectivity index (χ2v) is 4.87. The summed E-state index contributed by atoms with van der Waals surface area (Å²) >= 11 is 5.98. The first-order valence-electron chi connectivity index (χ1n) is 5.74. The molecule has 0 N–H and O–H groups in total. The molecule has 17 heavy (non-hydrogen) atoms. The van der Waals surface area contributed by atoms with E-state index in [9.17, 15) is 4.79 Å². The van der Waals surface area contributed by atoms with Crippen molar-refractivity contribution >= 4 is 17.5 Å². The third-order valence-corrected chi connectivity index (χ3v) is 3.35. The number of benzene rings is 1. The summed E-state index contributed by atoms with van der Waals surface area (Å²) in [6.07, 6.45) is 1.34. The molecule has 1 amide bonds. The third-order valence-electron chi connectivity index (χ3n) is 3.00. The fraction of sp³-hybridized carbons (Fsp3) is 0.462.